The molecule has 0 aliphatic rings. The number of hydrogen-bond donors (Lipinski definition) is 1. The Morgan fingerprint density at radius 2 is 1.81 bits per heavy atom. The van der Waals surface area contributed by atoms with Crippen LogP contribution >= 0.6 is 15.9 Å². The van der Waals surface area contributed by atoms with Crippen molar-refractivity contribution < 1.29 is 14.4 Å². The van der Waals surface area contributed by atoms with Gasteiger partial charge in [-0.15, -0.1) is 0 Å². The average Bonchev–Trinajstić information content (AvgIpc) is 2.50. The van der Waals surface area contributed by atoms with Gasteiger partial charge >= 0.3 is 6.09 Å². The Bertz CT molecular complexity index is 624. The number of methoxy groups -OCH3 is 1. The number of nitrogens with zero attached hydrogens (tertiary/aromatic N) is 1. The molecule has 21 heavy (non-hydrogen) atoms. The van der Waals surface area contributed by atoms with Crippen molar-refractivity contribution in [2.75, 3.05) is 12.4 Å². The molecule has 0 aliphatic carbocycles. The van der Waals surface area contributed by atoms with Crippen LogP contribution in [0.3, 0.4) is 0 Å². The Hall–Kier alpha value is -2.34. The van der Waals surface area contributed by atoms with Gasteiger partial charge in [-0.1, -0.05) is 33.2 Å². The molecular formula is C15H13BrN2O3. The fourth-order valence-electron chi connectivity index (χ4n) is 1.50. The van der Waals surface area contributed by atoms with Crippen LogP contribution in [-0.4, -0.2) is 19.4 Å². The molecule has 1 N–H and O–H groups in total. The van der Waals surface area contributed by atoms with E-state index in [1.165, 1.54) is 6.21 Å². The summed E-state index contributed by atoms with van der Waals surface area (Å²) in [6, 6.07) is 14.3. The minimum absolute atomic E-state index is 0.597. The number of oxime groups is 1. The van der Waals surface area contributed by atoms with Gasteiger partial charge in [-0.25, -0.2) is 4.79 Å². The molecule has 0 spiro atoms. The lowest BCUT2D eigenvalue weighted by atomic mass is 10.2. The highest BCUT2D eigenvalue weighted by Crippen LogP contribution is 2.15. The normalized spacial score (nSPS) is 10.4. The van der Waals surface area contributed by atoms with Crippen molar-refractivity contribution in [1.29, 1.82) is 0 Å². The minimum atomic E-state index is -0.659. The first kappa shape index (κ1) is 15.1. The van der Waals surface area contributed by atoms with Crippen LogP contribution in [0, 0.1) is 0 Å². The second-order valence-electron chi connectivity index (χ2n) is 4.02. The smallest absolute Gasteiger partial charge is 0.437 e. The highest BCUT2D eigenvalue weighted by molar-refractivity contribution is 9.10. The van der Waals surface area contributed by atoms with Gasteiger partial charge in [-0.3, -0.25) is 10.2 Å². The van der Waals surface area contributed by atoms with E-state index in [4.69, 9.17) is 9.57 Å². The Kier molecular flexibility index (Phi) is 5.34. The van der Waals surface area contributed by atoms with E-state index in [0.717, 1.165) is 10.0 Å². The highest BCUT2D eigenvalue weighted by Gasteiger charge is 2.02. The van der Waals surface area contributed by atoms with E-state index in [1.54, 1.807) is 31.4 Å². The van der Waals surface area contributed by atoms with Crippen LogP contribution in [0.5, 0.6) is 5.75 Å². The molecule has 6 heteroatoms. The lowest BCUT2D eigenvalue weighted by molar-refractivity contribution is 0.167. The Balaban J connectivity index is 1.85. The van der Waals surface area contributed by atoms with Crippen LogP contribution in [0.2, 0.25) is 0 Å². The molecular weight excluding hydrogens is 336 g/mol. The highest BCUT2D eigenvalue weighted by atomic mass is 79.9. The van der Waals surface area contributed by atoms with Crippen LogP contribution in [0.1, 0.15) is 5.56 Å². The van der Waals surface area contributed by atoms with Gasteiger partial charge < -0.3 is 4.74 Å². The summed E-state index contributed by atoms with van der Waals surface area (Å²) < 4.78 is 6.00. The maximum Gasteiger partial charge on any atom is 0.437 e. The first-order chi connectivity index (χ1) is 10.2. The number of carbonyl (C=O) groups is 1. The van der Waals surface area contributed by atoms with Crippen LogP contribution in [0.4, 0.5) is 10.5 Å². The van der Waals surface area contributed by atoms with Gasteiger partial charge in [-0.2, -0.15) is 0 Å². The van der Waals surface area contributed by atoms with E-state index in [9.17, 15) is 4.79 Å². The zero-order valence-corrected chi connectivity index (χ0v) is 12.8. The predicted molar refractivity (Wildman–Crippen MR) is 84.8 cm³/mol. The predicted octanol–water partition coefficient (Wildman–Crippen LogP) is 4.04. The third-order valence-electron chi connectivity index (χ3n) is 2.54. The SMILES string of the molecule is COc1ccc(NC(=O)O/N=C/c2ccc(Br)cc2)cc1. The molecule has 5 nitrogen and oxygen atoms in total. The van der Waals surface area contributed by atoms with Crippen LogP contribution < -0.4 is 10.1 Å². The fraction of sp³-hybridized carbons (Fsp3) is 0.0667. The van der Waals surface area contributed by atoms with E-state index in [1.807, 2.05) is 24.3 Å². The number of halogens is 1. The number of benzene rings is 2. The number of hydrogen-bond acceptors (Lipinski definition) is 4. The summed E-state index contributed by atoms with van der Waals surface area (Å²) in [5.74, 6) is 0.710. The Labute approximate surface area is 130 Å². The van der Waals surface area contributed by atoms with Gasteiger partial charge in [-0.05, 0) is 42.0 Å². The second-order valence-corrected chi connectivity index (χ2v) is 4.93. The third-order valence-corrected chi connectivity index (χ3v) is 3.07. The minimum Gasteiger partial charge on any atom is -0.497 e. The fourth-order valence-corrected chi connectivity index (χ4v) is 1.76. The molecule has 0 saturated carbocycles. The zero-order chi connectivity index (χ0) is 15.1. The summed E-state index contributed by atoms with van der Waals surface area (Å²) in [4.78, 5) is 16.2. The molecule has 0 aliphatic heterocycles. The molecule has 0 radical (unpaired) electrons. The van der Waals surface area contributed by atoms with Crippen LogP contribution in [-0.2, 0) is 4.84 Å². The van der Waals surface area contributed by atoms with E-state index < -0.39 is 6.09 Å². The van der Waals surface area contributed by atoms with Crippen LogP contribution in [0.15, 0.2) is 58.2 Å². The van der Waals surface area contributed by atoms with E-state index in [0.29, 0.717) is 11.4 Å². The number of anilines is 1. The van der Waals surface area contributed by atoms with Gasteiger partial charge in [0.15, 0.2) is 0 Å². The van der Waals surface area contributed by atoms with Crippen molar-refractivity contribution >= 4 is 33.9 Å². The topological polar surface area (TPSA) is 59.9 Å². The van der Waals surface area contributed by atoms with Gasteiger partial charge in [0.1, 0.15) is 5.75 Å². The van der Waals surface area contributed by atoms with Gasteiger partial charge in [0.25, 0.3) is 0 Å². The van der Waals surface area contributed by atoms with Crippen molar-refractivity contribution in [3.05, 3.63) is 58.6 Å². The van der Waals surface area contributed by atoms with E-state index >= 15 is 0 Å². The molecule has 0 unspecified atom stereocenters. The van der Waals surface area contributed by atoms with Crippen molar-refractivity contribution in [3.63, 3.8) is 0 Å². The lowest BCUT2D eigenvalue weighted by Gasteiger charge is -2.03. The maximum absolute atomic E-state index is 11.5. The lowest BCUT2D eigenvalue weighted by Crippen LogP contribution is -2.10. The molecule has 2 aromatic rings. The number of ether oxygens (including phenoxy) is 1. The molecule has 1 amide bonds. The summed E-state index contributed by atoms with van der Waals surface area (Å²) in [6.45, 7) is 0. The number of rotatable bonds is 4. The number of carbonyl (C=O) groups excluding carboxylic acids is 1. The molecule has 0 bridgehead atoms. The third kappa shape index (κ3) is 4.92. The molecule has 0 atom stereocenters. The Morgan fingerprint density at radius 3 is 2.43 bits per heavy atom. The van der Waals surface area contributed by atoms with Gasteiger partial charge in [0.2, 0.25) is 0 Å². The summed E-state index contributed by atoms with van der Waals surface area (Å²) in [6.07, 6.45) is 0.800. The summed E-state index contributed by atoms with van der Waals surface area (Å²) in [5.41, 5.74) is 1.43. The van der Waals surface area contributed by atoms with E-state index in [-0.39, 0.29) is 0 Å². The molecule has 108 valence electrons. The Morgan fingerprint density at radius 1 is 1.14 bits per heavy atom. The molecule has 0 fully saturated rings. The van der Waals surface area contributed by atoms with Crippen molar-refractivity contribution in [2.24, 2.45) is 5.16 Å². The van der Waals surface area contributed by atoms with Crippen molar-refractivity contribution in [3.8, 4) is 5.75 Å². The standard InChI is InChI=1S/C15H13BrN2O3/c1-20-14-8-6-13(7-9-14)18-15(19)21-17-10-11-2-4-12(16)5-3-11/h2-10H,1H3,(H,18,19)/b17-10+. The van der Waals surface area contributed by atoms with Gasteiger partial charge in [0, 0.05) is 10.2 Å². The van der Waals surface area contributed by atoms with Crippen molar-refractivity contribution in [2.45, 2.75) is 0 Å². The van der Waals surface area contributed by atoms with Crippen LogP contribution in [0.25, 0.3) is 0 Å². The maximum atomic E-state index is 11.5. The quantitative estimate of drug-likeness (QED) is 0.515. The summed E-state index contributed by atoms with van der Waals surface area (Å²) in [5, 5.41) is 6.17. The number of amides is 1. The molecule has 2 rings (SSSR count). The number of nitrogens with one attached hydrogen (secondary N) is 1. The van der Waals surface area contributed by atoms with Crippen molar-refractivity contribution in [1.82, 2.24) is 0 Å². The molecule has 0 aromatic heterocycles. The molecule has 0 saturated heterocycles. The van der Waals surface area contributed by atoms with E-state index in [2.05, 4.69) is 26.4 Å². The second kappa shape index (κ2) is 7.44. The van der Waals surface area contributed by atoms with Gasteiger partial charge in [0.05, 0.1) is 13.3 Å². The largest absolute Gasteiger partial charge is 0.497 e. The molecule has 2 aromatic carbocycles. The monoisotopic (exact) mass is 348 g/mol. The summed E-state index contributed by atoms with van der Waals surface area (Å²) in [7, 11) is 1.58. The average molecular weight is 349 g/mol. The summed E-state index contributed by atoms with van der Waals surface area (Å²) >= 11 is 3.34. The zero-order valence-electron chi connectivity index (χ0n) is 11.2. The molecule has 0 heterocycles. The first-order valence-corrected chi connectivity index (χ1v) is 6.87. The first-order valence-electron chi connectivity index (χ1n) is 6.08.